The van der Waals surface area contributed by atoms with E-state index in [2.05, 4.69) is 19.9 Å². The summed E-state index contributed by atoms with van der Waals surface area (Å²) in [5.41, 5.74) is 2.32. The van der Waals surface area contributed by atoms with Gasteiger partial charge in [-0.1, -0.05) is 43.9 Å². The Morgan fingerprint density at radius 1 is 1.29 bits per heavy atom. The highest BCUT2D eigenvalue weighted by Crippen LogP contribution is 2.22. The van der Waals surface area contributed by atoms with E-state index in [-0.39, 0.29) is 6.10 Å². The molecule has 0 saturated heterocycles. The predicted molar refractivity (Wildman–Crippen MR) is 71.6 cm³/mol. The van der Waals surface area contributed by atoms with Crippen LogP contribution in [0.1, 0.15) is 43.7 Å². The zero-order valence-corrected chi connectivity index (χ0v) is 11.2. The Labute approximate surface area is 105 Å². The van der Waals surface area contributed by atoms with Crippen LogP contribution in [-0.4, -0.2) is 18.3 Å². The Hall–Kier alpha value is -1.02. The maximum atomic E-state index is 9.98. The van der Waals surface area contributed by atoms with E-state index in [1.54, 1.807) is 7.11 Å². The molecule has 0 heterocycles. The van der Waals surface area contributed by atoms with E-state index >= 15 is 0 Å². The van der Waals surface area contributed by atoms with Crippen molar-refractivity contribution in [3.8, 4) is 5.75 Å². The van der Waals surface area contributed by atoms with Crippen molar-refractivity contribution in [1.82, 2.24) is 0 Å². The van der Waals surface area contributed by atoms with Gasteiger partial charge in [-0.25, -0.2) is 0 Å². The van der Waals surface area contributed by atoms with Gasteiger partial charge >= 0.3 is 0 Å². The summed E-state index contributed by atoms with van der Waals surface area (Å²) in [4.78, 5) is 0. The first-order valence-corrected chi connectivity index (χ1v) is 6.49. The lowest BCUT2D eigenvalue weighted by Gasteiger charge is -2.14. The van der Waals surface area contributed by atoms with E-state index in [9.17, 15) is 5.11 Å². The van der Waals surface area contributed by atoms with Crippen LogP contribution in [0.2, 0.25) is 0 Å². The molecule has 0 spiro atoms. The van der Waals surface area contributed by atoms with E-state index in [1.165, 1.54) is 18.4 Å². The lowest BCUT2D eigenvalue weighted by Crippen LogP contribution is -2.11. The molecule has 1 aromatic rings. The zero-order valence-electron chi connectivity index (χ0n) is 11.2. The van der Waals surface area contributed by atoms with Gasteiger partial charge in [0.1, 0.15) is 5.75 Å². The van der Waals surface area contributed by atoms with Crippen LogP contribution in [0, 0.1) is 6.92 Å². The van der Waals surface area contributed by atoms with E-state index < -0.39 is 0 Å². The standard InChI is InChI=1S/C15H24O2/c1-4-5-6-7-14(16)11-13-10-12(2)8-9-15(13)17-3/h8-10,14,16H,4-7,11H2,1-3H3. The molecule has 2 heteroatoms. The van der Waals surface area contributed by atoms with Gasteiger partial charge in [0, 0.05) is 6.42 Å². The number of hydrogen-bond acceptors (Lipinski definition) is 2. The molecular weight excluding hydrogens is 212 g/mol. The number of aliphatic hydroxyl groups excluding tert-OH is 1. The predicted octanol–water partition coefficient (Wildman–Crippen LogP) is 3.49. The third kappa shape index (κ3) is 4.78. The van der Waals surface area contributed by atoms with Gasteiger partial charge in [0.05, 0.1) is 13.2 Å². The summed E-state index contributed by atoms with van der Waals surface area (Å²) in [6, 6.07) is 6.11. The molecule has 1 N–H and O–H groups in total. The summed E-state index contributed by atoms with van der Waals surface area (Å²) < 4.78 is 5.32. The van der Waals surface area contributed by atoms with E-state index in [0.29, 0.717) is 6.42 Å². The van der Waals surface area contributed by atoms with Crippen molar-refractivity contribution in [2.45, 2.75) is 52.1 Å². The minimum absolute atomic E-state index is 0.253. The highest BCUT2D eigenvalue weighted by Gasteiger charge is 2.09. The normalized spacial score (nSPS) is 12.5. The molecule has 0 aliphatic heterocycles. The third-order valence-electron chi connectivity index (χ3n) is 3.03. The number of aryl methyl sites for hydroxylation is 1. The number of rotatable bonds is 7. The van der Waals surface area contributed by atoms with Gasteiger partial charge < -0.3 is 9.84 Å². The fraction of sp³-hybridized carbons (Fsp3) is 0.600. The molecule has 0 bridgehead atoms. The second-order valence-electron chi connectivity index (χ2n) is 4.67. The topological polar surface area (TPSA) is 29.5 Å². The van der Waals surface area contributed by atoms with Crippen molar-refractivity contribution in [2.24, 2.45) is 0 Å². The number of hydrogen-bond donors (Lipinski definition) is 1. The van der Waals surface area contributed by atoms with E-state index in [1.807, 2.05) is 12.1 Å². The zero-order chi connectivity index (χ0) is 12.7. The average Bonchev–Trinajstić information content (AvgIpc) is 2.29. The first kappa shape index (κ1) is 14.0. The fourth-order valence-electron chi connectivity index (χ4n) is 2.05. The van der Waals surface area contributed by atoms with E-state index in [4.69, 9.17) is 4.74 Å². The molecular formula is C15H24O2. The lowest BCUT2D eigenvalue weighted by atomic mass is 10.0. The van der Waals surface area contributed by atoms with Crippen molar-refractivity contribution in [1.29, 1.82) is 0 Å². The fourth-order valence-corrected chi connectivity index (χ4v) is 2.05. The molecule has 0 fully saturated rings. The number of unbranched alkanes of at least 4 members (excludes halogenated alkanes) is 2. The van der Waals surface area contributed by atoms with E-state index in [0.717, 1.165) is 24.2 Å². The van der Waals surface area contributed by atoms with Crippen molar-refractivity contribution >= 4 is 0 Å². The Balaban J connectivity index is 2.57. The number of ether oxygens (including phenoxy) is 1. The Bertz CT molecular complexity index is 334. The summed E-state index contributed by atoms with van der Waals surface area (Å²) in [6.07, 6.45) is 4.81. The molecule has 17 heavy (non-hydrogen) atoms. The number of benzene rings is 1. The number of aliphatic hydroxyl groups is 1. The van der Waals surface area contributed by atoms with Crippen LogP contribution in [0.5, 0.6) is 5.75 Å². The minimum atomic E-state index is -0.253. The second kappa shape index (κ2) is 7.33. The average molecular weight is 236 g/mol. The Kier molecular flexibility index (Phi) is 6.06. The summed E-state index contributed by atoms with van der Waals surface area (Å²) in [5, 5.41) is 9.98. The molecule has 1 unspecified atom stereocenters. The van der Waals surface area contributed by atoms with Crippen molar-refractivity contribution in [2.75, 3.05) is 7.11 Å². The smallest absolute Gasteiger partial charge is 0.122 e. The molecule has 0 aliphatic carbocycles. The Morgan fingerprint density at radius 2 is 2.06 bits per heavy atom. The summed E-state index contributed by atoms with van der Waals surface area (Å²) in [7, 11) is 1.68. The van der Waals surface area contributed by atoms with Crippen molar-refractivity contribution in [3.05, 3.63) is 29.3 Å². The summed E-state index contributed by atoms with van der Waals surface area (Å²) in [6.45, 7) is 4.24. The summed E-state index contributed by atoms with van der Waals surface area (Å²) >= 11 is 0. The van der Waals surface area contributed by atoms with Crippen LogP contribution in [0.15, 0.2) is 18.2 Å². The first-order chi connectivity index (χ1) is 8.17. The highest BCUT2D eigenvalue weighted by atomic mass is 16.5. The third-order valence-corrected chi connectivity index (χ3v) is 3.03. The van der Waals surface area contributed by atoms with Gasteiger partial charge in [0.25, 0.3) is 0 Å². The van der Waals surface area contributed by atoms with Gasteiger partial charge in [-0.05, 0) is 25.0 Å². The minimum Gasteiger partial charge on any atom is -0.496 e. The maximum absolute atomic E-state index is 9.98. The van der Waals surface area contributed by atoms with Gasteiger partial charge in [-0.2, -0.15) is 0 Å². The van der Waals surface area contributed by atoms with Crippen molar-refractivity contribution < 1.29 is 9.84 Å². The van der Waals surface area contributed by atoms with Gasteiger partial charge in [-0.3, -0.25) is 0 Å². The Morgan fingerprint density at radius 3 is 2.71 bits per heavy atom. The van der Waals surface area contributed by atoms with Crippen LogP contribution in [-0.2, 0) is 6.42 Å². The SMILES string of the molecule is CCCCCC(O)Cc1cc(C)ccc1OC. The lowest BCUT2D eigenvalue weighted by molar-refractivity contribution is 0.160. The molecule has 0 amide bonds. The molecule has 96 valence electrons. The highest BCUT2D eigenvalue weighted by molar-refractivity contribution is 5.37. The van der Waals surface area contributed by atoms with Crippen LogP contribution >= 0.6 is 0 Å². The second-order valence-corrected chi connectivity index (χ2v) is 4.67. The monoisotopic (exact) mass is 236 g/mol. The molecule has 0 aliphatic rings. The van der Waals surface area contributed by atoms with Crippen molar-refractivity contribution in [3.63, 3.8) is 0 Å². The van der Waals surface area contributed by atoms with Gasteiger partial charge in [0.15, 0.2) is 0 Å². The molecule has 1 rings (SSSR count). The van der Waals surface area contributed by atoms with Crippen LogP contribution < -0.4 is 4.74 Å². The first-order valence-electron chi connectivity index (χ1n) is 6.49. The number of methoxy groups -OCH3 is 1. The quantitative estimate of drug-likeness (QED) is 0.734. The maximum Gasteiger partial charge on any atom is 0.122 e. The van der Waals surface area contributed by atoms with Gasteiger partial charge in [0.2, 0.25) is 0 Å². The molecule has 0 radical (unpaired) electrons. The molecule has 1 atom stereocenters. The molecule has 0 saturated carbocycles. The van der Waals surface area contributed by atoms with Crippen LogP contribution in [0.4, 0.5) is 0 Å². The summed E-state index contributed by atoms with van der Waals surface area (Å²) in [5.74, 6) is 0.880. The van der Waals surface area contributed by atoms with Crippen LogP contribution in [0.3, 0.4) is 0 Å². The van der Waals surface area contributed by atoms with Gasteiger partial charge in [-0.15, -0.1) is 0 Å². The molecule has 2 nitrogen and oxygen atoms in total. The largest absolute Gasteiger partial charge is 0.496 e. The molecule has 1 aromatic carbocycles. The van der Waals surface area contributed by atoms with Crippen LogP contribution in [0.25, 0.3) is 0 Å². The molecule has 0 aromatic heterocycles.